The zero-order chi connectivity index (χ0) is 10.1. The van der Waals surface area contributed by atoms with Crippen LogP contribution in [0.1, 0.15) is 20.3 Å². The van der Waals surface area contributed by atoms with Crippen LogP contribution in [-0.2, 0) is 4.79 Å². The van der Waals surface area contributed by atoms with Crippen LogP contribution in [-0.4, -0.2) is 54.9 Å². The van der Waals surface area contributed by atoms with Crippen molar-refractivity contribution in [3.63, 3.8) is 0 Å². The van der Waals surface area contributed by atoms with Gasteiger partial charge in [-0.15, -0.1) is 0 Å². The minimum atomic E-state index is -0.324. The molecule has 0 bridgehead atoms. The molecule has 0 aromatic rings. The van der Waals surface area contributed by atoms with Crippen LogP contribution in [0.15, 0.2) is 0 Å². The molecule has 13 heavy (non-hydrogen) atoms. The van der Waals surface area contributed by atoms with Gasteiger partial charge in [0.15, 0.2) is 0 Å². The number of rotatable bonds is 3. The summed E-state index contributed by atoms with van der Waals surface area (Å²) in [6.07, 6.45) is 2.20. The molecule has 0 spiro atoms. The molecule has 1 heterocycles. The second kappa shape index (κ2) is 3.76. The van der Waals surface area contributed by atoms with E-state index < -0.39 is 0 Å². The molecule has 0 N–H and O–H groups in total. The number of carbonyl (C=O) groups is 1. The van der Waals surface area contributed by atoms with Crippen molar-refractivity contribution in [3.05, 3.63) is 0 Å². The molecule has 1 aliphatic heterocycles. The van der Waals surface area contributed by atoms with E-state index in [1.807, 2.05) is 20.9 Å². The molecule has 1 saturated heterocycles. The summed E-state index contributed by atoms with van der Waals surface area (Å²) < 4.78 is 0. The van der Waals surface area contributed by atoms with Crippen LogP contribution in [0, 0.1) is 0 Å². The topological polar surface area (TPSA) is 23.6 Å². The Morgan fingerprint density at radius 3 is 2.54 bits per heavy atom. The Morgan fingerprint density at radius 2 is 2.15 bits per heavy atom. The summed E-state index contributed by atoms with van der Waals surface area (Å²) in [6, 6.07) is 0.533. The van der Waals surface area contributed by atoms with Gasteiger partial charge in [0.2, 0.25) is 0 Å². The zero-order valence-electron chi connectivity index (χ0n) is 9.08. The van der Waals surface area contributed by atoms with Gasteiger partial charge in [0.1, 0.15) is 6.29 Å². The van der Waals surface area contributed by atoms with E-state index in [1.54, 1.807) is 0 Å². The molecule has 0 aromatic heterocycles. The summed E-state index contributed by atoms with van der Waals surface area (Å²) >= 11 is 0. The average Bonchev–Trinajstić information content (AvgIpc) is 2.50. The fraction of sp³-hybridized carbons (Fsp3) is 0.900. The van der Waals surface area contributed by atoms with E-state index in [4.69, 9.17) is 0 Å². The van der Waals surface area contributed by atoms with Gasteiger partial charge in [-0.25, -0.2) is 0 Å². The lowest BCUT2D eigenvalue weighted by Crippen LogP contribution is -2.49. The highest BCUT2D eigenvalue weighted by molar-refractivity contribution is 5.62. The standard InChI is InChI=1S/C10H20N2O/c1-10(2,8-13)12(4)9-5-6-11(3)7-9/h8-9H,5-7H2,1-4H3. The predicted octanol–water partition coefficient (Wildman–Crippen LogP) is 0.600. The Morgan fingerprint density at radius 1 is 1.54 bits per heavy atom. The van der Waals surface area contributed by atoms with Crippen LogP contribution in [0.5, 0.6) is 0 Å². The van der Waals surface area contributed by atoms with Gasteiger partial charge in [-0.1, -0.05) is 0 Å². The Hall–Kier alpha value is -0.410. The third kappa shape index (κ3) is 2.29. The predicted molar refractivity (Wildman–Crippen MR) is 53.8 cm³/mol. The monoisotopic (exact) mass is 184 g/mol. The van der Waals surface area contributed by atoms with Crippen LogP contribution < -0.4 is 0 Å². The number of likely N-dealkylation sites (tertiary alicyclic amines) is 1. The highest BCUT2D eigenvalue weighted by Crippen LogP contribution is 2.19. The Balaban J connectivity index is 2.57. The van der Waals surface area contributed by atoms with Gasteiger partial charge in [-0.2, -0.15) is 0 Å². The molecule has 0 radical (unpaired) electrons. The van der Waals surface area contributed by atoms with Crippen LogP contribution in [0.4, 0.5) is 0 Å². The fourth-order valence-electron chi connectivity index (χ4n) is 1.78. The average molecular weight is 184 g/mol. The SMILES string of the molecule is CN1CCC(N(C)C(C)(C)C=O)C1. The third-order valence-corrected chi connectivity index (χ3v) is 3.11. The molecule has 1 atom stereocenters. The maximum atomic E-state index is 10.9. The van der Waals surface area contributed by atoms with Gasteiger partial charge in [-0.3, -0.25) is 4.90 Å². The van der Waals surface area contributed by atoms with Gasteiger partial charge in [0.05, 0.1) is 5.54 Å². The number of hydrogen-bond donors (Lipinski definition) is 0. The van der Waals surface area contributed by atoms with E-state index >= 15 is 0 Å². The maximum Gasteiger partial charge on any atom is 0.139 e. The van der Waals surface area contributed by atoms with Crippen molar-refractivity contribution < 1.29 is 4.79 Å². The van der Waals surface area contributed by atoms with E-state index in [1.165, 1.54) is 6.42 Å². The molecule has 0 aliphatic carbocycles. The fourth-order valence-corrected chi connectivity index (χ4v) is 1.78. The van der Waals surface area contributed by atoms with Gasteiger partial charge in [0, 0.05) is 12.6 Å². The molecule has 0 aromatic carbocycles. The van der Waals surface area contributed by atoms with Crippen LogP contribution >= 0.6 is 0 Å². The molecule has 1 fully saturated rings. The quantitative estimate of drug-likeness (QED) is 0.600. The molecular weight excluding hydrogens is 164 g/mol. The van der Waals surface area contributed by atoms with E-state index in [9.17, 15) is 4.79 Å². The summed E-state index contributed by atoms with van der Waals surface area (Å²) in [5.41, 5.74) is -0.324. The van der Waals surface area contributed by atoms with E-state index in [-0.39, 0.29) is 5.54 Å². The summed E-state index contributed by atoms with van der Waals surface area (Å²) in [7, 11) is 4.17. The minimum absolute atomic E-state index is 0.324. The second-order valence-corrected chi connectivity index (χ2v) is 4.59. The van der Waals surface area contributed by atoms with Gasteiger partial charge >= 0.3 is 0 Å². The van der Waals surface area contributed by atoms with Crippen LogP contribution in [0.2, 0.25) is 0 Å². The van der Waals surface area contributed by atoms with Crippen molar-refractivity contribution in [2.24, 2.45) is 0 Å². The largest absolute Gasteiger partial charge is 0.305 e. The second-order valence-electron chi connectivity index (χ2n) is 4.59. The van der Waals surface area contributed by atoms with Crippen LogP contribution in [0.3, 0.4) is 0 Å². The summed E-state index contributed by atoms with van der Waals surface area (Å²) in [4.78, 5) is 15.3. The first-order valence-electron chi connectivity index (χ1n) is 4.85. The number of nitrogens with zero attached hydrogens (tertiary/aromatic N) is 2. The lowest BCUT2D eigenvalue weighted by atomic mass is 10.0. The van der Waals surface area contributed by atoms with E-state index in [0.29, 0.717) is 6.04 Å². The lowest BCUT2D eigenvalue weighted by molar-refractivity contribution is -0.117. The third-order valence-electron chi connectivity index (χ3n) is 3.11. The number of likely N-dealkylation sites (N-methyl/N-ethyl adjacent to an activating group) is 2. The number of hydrogen-bond acceptors (Lipinski definition) is 3. The van der Waals surface area contributed by atoms with Crippen molar-refractivity contribution in [2.75, 3.05) is 27.2 Å². The number of carbonyl (C=O) groups excluding carboxylic acids is 1. The Labute approximate surface area is 80.7 Å². The molecule has 1 unspecified atom stereocenters. The highest BCUT2D eigenvalue weighted by atomic mass is 16.1. The molecule has 1 rings (SSSR count). The molecular formula is C10H20N2O. The van der Waals surface area contributed by atoms with E-state index in [2.05, 4.69) is 16.8 Å². The number of aldehydes is 1. The summed E-state index contributed by atoms with van der Waals surface area (Å²) in [5.74, 6) is 0. The Kier molecular flexibility index (Phi) is 3.09. The Bertz CT molecular complexity index is 191. The van der Waals surface area contributed by atoms with Gasteiger partial charge < -0.3 is 9.69 Å². The first-order valence-corrected chi connectivity index (χ1v) is 4.85. The van der Waals surface area contributed by atoms with E-state index in [0.717, 1.165) is 19.4 Å². The maximum absolute atomic E-state index is 10.9. The first kappa shape index (κ1) is 10.7. The zero-order valence-corrected chi connectivity index (χ0v) is 9.08. The minimum Gasteiger partial charge on any atom is -0.305 e. The molecule has 76 valence electrons. The summed E-state index contributed by atoms with van der Waals surface area (Å²) in [5, 5.41) is 0. The van der Waals surface area contributed by atoms with Crippen molar-refractivity contribution >= 4 is 6.29 Å². The van der Waals surface area contributed by atoms with Crippen molar-refractivity contribution in [1.29, 1.82) is 0 Å². The summed E-state index contributed by atoms with van der Waals surface area (Å²) in [6.45, 7) is 6.16. The normalized spacial score (nSPS) is 25.5. The van der Waals surface area contributed by atoms with Crippen molar-refractivity contribution in [3.8, 4) is 0 Å². The first-order chi connectivity index (χ1) is 5.97. The molecule has 0 amide bonds. The van der Waals surface area contributed by atoms with Crippen LogP contribution in [0.25, 0.3) is 0 Å². The molecule has 1 aliphatic rings. The van der Waals surface area contributed by atoms with Crippen molar-refractivity contribution in [2.45, 2.75) is 31.8 Å². The lowest BCUT2D eigenvalue weighted by Gasteiger charge is -2.35. The van der Waals surface area contributed by atoms with Gasteiger partial charge in [-0.05, 0) is 40.9 Å². The molecule has 3 heteroatoms. The smallest absolute Gasteiger partial charge is 0.139 e. The molecule has 3 nitrogen and oxygen atoms in total. The highest BCUT2D eigenvalue weighted by Gasteiger charge is 2.32. The van der Waals surface area contributed by atoms with Crippen molar-refractivity contribution in [1.82, 2.24) is 9.80 Å². The van der Waals surface area contributed by atoms with Gasteiger partial charge in [0.25, 0.3) is 0 Å². The molecule has 0 saturated carbocycles.